The number of hydrogen-bond acceptors (Lipinski definition) is 4. The van der Waals surface area contributed by atoms with Gasteiger partial charge in [0.15, 0.2) is 5.65 Å². The van der Waals surface area contributed by atoms with Crippen LogP contribution in [0.3, 0.4) is 0 Å². The van der Waals surface area contributed by atoms with E-state index < -0.39 is 0 Å². The Hall–Kier alpha value is -1.49. The van der Waals surface area contributed by atoms with Gasteiger partial charge in [0.1, 0.15) is 17.7 Å². The molecule has 0 radical (unpaired) electrons. The van der Waals surface area contributed by atoms with Crippen LogP contribution in [0.4, 0.5) is 0 Å². The SMILES string of the molecule is c1ncc2[nH]c([C@@H]3CCCCN3)nc2n1. The Morgan fingerprint density at radius 3 is 3.13 bits per heavy atom. The highest BCUT2D eigenvalue weighted by molar-refractivity contribution is 5.68. The summed E-state index contributed by atoms with van der Waals surface area (Å²) in [5, 5.41) is 3.45. The molecule has 0 saturated carbocycles. The Kier molecular flexibility index (Phi) is 2.10. The predicted molar refractivity (Wildman–Crippen MR) is 56.3 cm³/mol. The summed E-state index contributed by atoms with van der Waals surface area (Å²) in [5.41, 5.74) is 1.67. The highest BCUT2D eigenvalue weighted by atomic mass is 15.1. The van der Waals surface area contributed by atoms with E-state index >= 15 is 0 Å². The van der Waals surface area contributed by atoms with Crippen LogP contribution in [0.25, 0.3) is 11.2 Å². The number of rotatable bonds is 1. The standard InChI is InChI=1S/C10H13N5/c1-2-4-12-7(3-1)10-14-8-5-11-6-13-9(8)15-10/h5-7,12H,1-4H2,(H,11,13,14,15)/t7-/m0/s1. The maximum Gasteiger partial charge on any atom is 0.180 e. The lowest BCUT2D eigenvalue weighted by Crippen LogP contribution is -2.27. The molecule has 1 aliphatic rings. The molecule has 2 aromatic rings. The molecule has 1 fully saturated rings. The lowest BCUT2D eigenvalue weighted by atomic mass is 10.0. The Labute approximate surface area is 87.3 Å². The Morgan fingerprint density at radius 2 is 2.33 bits per heavy atom. The minimum Gasteiger partial charge on any atom is -0.338 e. The van der Waals surface area contributed by atoms with E-state index in [1.165, 1.54) is 19.2 Å². The molecule has 0 spiro atoms. The summed E-state index contributed by atoms with van der Waals surface area (Å²) in [6.45, 7) is 1.08. The van der Waals surface area contributed by atoms with E-state index in [1.54, 1.807) is 6.20 Å². The molecule has 0 aliphatic carbocycles. The van der Waals surface area contributed by atoms with Gasteiger partial charge in [-0.1, -0.05) is 6.42 Å². The molecule has 0 aromatic carbocycles. The van der Waals surface area contributed by atoms with Crippen LogP contribution in [0, 0.1) is 0 Å². The monoisotopic (exact) mass is 203 g/mol. The van der Waals surface area contributed by atoms with Crippen LogP contribution in [-0.4, -0.2) is 26.5 Å². The summed E-state index contributed by atoms with van der Waals surface area (Å²) in [6, 6.07) is 0.355. The molecule has 3 rings (SSSR count). The Morgan fingerprint density at radius 1 is 1.33 bits per heavy atom. The van der Waals surface area contributed by atoms with Crippen LogP contribution in [-0.2, 0) is 0 Å². The molecule has 1 atom stereocenters. The fraction of sp³-hybridized carbons (Fsp3) is 0.500. The van der Waals surface area contributed by atoms with Crippen molar-refractivity contribution in [3.63, 3.8) is 0 Å². The summed E-state index contributed by atoms with van der Waals surface area (Å²) in [4.78, 5) is 15.8. The highest BCUT2D eigenvalue weighted by Crippen LogP contribution is 2.21. The van der Waals surface area contributed by atoms with Crippen molar-refractivity contribution in [3.8, 4) is 0 Å². The molecular weight excluding hydrogens is 190 g/mol. The summed E-state index contributed by atoms with van der Waals surface area (Å²) in [5.74, 6) is 0.991. The zero-order valence-electron chi connectivity index (χ0n) is 8.40. The van der Waals surface area contributed by atoms with E-state index in [4.69, 9.17) is 0 Å². The first-order valence-corrected chi connectivity index (χ1v) is 5.32. The van der Waals surface area contributed by atoms with Crippen LogP contribution in [0.5, 0.6) is 0 Å². The third-order valence-corrected chi connectivity index (χ3v) is 2.82. The molecule has 1 aliphatic heterocycles. The molecule has 1 saturated heterocycles. The number of nitrogens with zero attached hydrogens (tertiary/aromatic N) is 3. The van der Waals surface area contributed by atoms with Gasteiger partial charge in [-0.05, 0) is 19.4 Å². The van der Waals surface area contributed by atoms with E-state index in [1.807, 2.05) is 0 Å². The normalized spacial score (nSPS) is 22.0. The van der Waals surface area contributed by atoms with Crippen molar-refractivity contribution in [2.75, 3.05) is 6.54 Å². The minimum atomic E-state index is 0.355. The van der Waals surface area contributed by atoms with Crippen molar-refractivity contribution in [1.29, 1.82) is 0 Å². The second kappa shape index (κ2) is 3.58. The molecule has 5 nitrogen and oxygen atoms in total. The molecule has 2 aromatic heterocycles. The van der Waals surface area contributed by atoms with Crippen molar-refractivity contribution < 1.29 is 0 Å². The smallest absolute Gasteiger partial charge is 0.180 e. The molecule has 5 heteroatoms. The highest BCUT2D eigenvalue weighted by Gasteiger charge is 2.18. The molecule has 2 N–H and O–H groups in total. The molecular formula is C10H13N5. The number of aromatic amines is 1. The average Bonchev–Trinajstić information content (AvgIpc) is 2.74. The lowest BCUT2D eigenvalue weighted by Gasteiger charge is -2.21. The van der Waals surface area contributed by atoms with Crippen LogP contribution >= 0.6 is 0 Å². The third kappa shape index (κ3) is 1.59. The fourth-order valence-corrected chi connectivity index (χ4v) is 2.03. The second-order valence-electron chi connectivity index (χ2n) is 3.88. The maximum atomic E-state index is 4.47. The first-order chi connectivity index (χ1) is 7.43. The zero-order valence-corrected chi connectivity index (χ0v) is 8.40. The van der Waals surface area contributed by atoms with Gasteiger partial charge in [0, 0.05) is 0 Å². The average molecular weight is 203 g/mol. The second-order valence-corrected chi connectivity index (χ2v) is 3.88. The molecule has 0 unspecified atom stereocenters. The summed E-state index contributed by atoms with van der Waals surface area (Å²) in [6.07, 6.45) is 6.97. The van der Waals surface area contributed by atoms with Crippen molar-refractivity contribution in [3.05, 3.63) is 18.3 Å². The fourth-order valence-electron chi connectivity index (χ4n) is 2.03. The minimum absolute atomic E-state index is 0.355. The van der Waals surface area contributed by atoms with Gasteiger partial charge in [0.2, 0.25) is 0 Å². The Bertz CT molecular complexity index is 425. The van der Waals surface area contributed by atoms with Crippen LogP contribution in [0.2, 0.25) is 0 Å². The number of imidazole rings is 1. The van der Waals surface area contributed by atoms with Gasteiger partial charge < -0.3 is 10.3 Å². The predicted octanol–water partition coefficient (Wildman–Crippen LogP) is 1.17. The first-order valence-electron chi connectivity index (χ1n) is 5.32. The molecule has 0 bridgehead atoms. The number of nitrogens with one attached hydrogen (secondary N) is 2. The van der Waals surface area contributed by atoms with Gasteiger partial charge in [0.05, 0.1) is 12.2 Å². The van der Waals surface area contributed by atoms with Gasteiger partial charge in [0.25, 0.3) is 0 Å². The molecule has 78 valence electrons. The first kappa shape index (κ1) is 8.79. The number of H-pyrrole nitrogens is 1. The van der Waals surface area contributed by atoms with E-state index in [9.17, 15) is 0 Å². The van der Waals surface area contributed by atoms with E-state index in [0.29, 0.717) is 6.04 Å². The van der Waals surface area contributed by atoms with Crippen molar-refractivity contribution in [1.82, 2.24) is 25.3 Å². The number of fused-ring (bicyclic) bond motifs is 1. The van der Waals surface area contributed by atoms with Crippen LogP contribution in [0.1, 0.15) is 31.1 Å². The van der Waals surface area contributed by atoms with E-state index in [-0.39, 0.29) is 0 Å². The molecule has 0 amide bonds. The van der Waals surface area contributed by atoms with Crippen LogP contribution < -0.4 is 5.32 Å². The maximum absolute atomic E-state index is 4.47. The summed E-state index contributed by atoms with van der Waals surface area (Å²) in [7, 11) is 0. The van der Waals surface area contributed by atoms with Crippen molar-refractivity contribution in [2.45, 2.75) is 25.3 Å². The summed E-state index contributed by atoms with van der Waals surface area (Å²) < 4.78 is 0. The van der Waals surface area contributed by atoms with Gasteiger partial charge in [-0.3, -0.25) is 0 Å². The van der Waals surface area contributed by atoms with Crippen LogP contribution in [0.15, 0.2) is 12.5 Å². The molecule has 3 heterocycles. The van der Waals surface area contributed by atoms with Gasteiger partial charge >= 0.3 is 0 Å². The van der Waals surface area contributed by atoms with Crippen molar-refractivity contribution in [2.24, 2.45) is 0 Å². The van der Waals surface area contributed by atoms with Gasteiger partial charge in [-0.15, -0.1) is 0 Å². The number of aromatic nitrogens is 4. The zero-order chi connectivity index (χ0) is 10.1. The van der Waals surface area contributed by atoms with Crippen molar-refractivity contribution >= 4 is 11.2 Å². The molecule has 15 heavy (non-hydrogen) atoms. The largest absolute Gasteiger partial charge is 0.338 e. The van der Waals surface area contributed by atoms with E-state index in [2.05, 4.69) is 25.3 Å². The summed E-state index contributed by atoms with van der Waals surface area (Å²) >= 11 is 0. The number of piperidine rings is 1. The van der Waals surface area contributed by atoms with Gasteiger partial charge in [-0.2, -0.15) is 0 Å². The third-order valence-electron chi connectivity index (χ3n) is 2.82. The quantitative estimate of drug-likeness (QED) is 0.730. The van der Waals surface area contributed by atoms with Gasteiger partial charge in [-0.25, -0.2) is 15.0 Å². The number of hydrogen-bond donors (Lipinski definition) is 2. The topological polar surface area (TPSA) is 66.5 Å². The van der Waals surface area contributed by atoms with E-state index in [0.717, 1.165) is 30.0 Å². The Balaban J connectivity index is 1.96. The lowest BCUT2D eigenvalue weighted by molar-refractivity contribution is 0.400.